The summed E-state index contributed by atoms with van der Waals surface area (Å²) in [5, 5.41) is 16.7. The molecule has 1 aromatic carbocycles. The molecule has 0 aliphatic heterocycles. The molecule has 1 aromatic heterocycles. The molecular formula is C20H24FN3O4. The first-order chi connectivity index (χ1) is 13.1. The van der Waals surface area contributed by atoms with Crippen molar-refractivity contribution in [2.75, 3.05) is 6.61 Å². The average molecular weight is 389 g/mol. The maximum atomic E-state index is 13.3. The molecule has 1 heterocycles. The lowest BCUT2D eigenvalue weighted by atomic mass is 9.54. The molecule has 28 heavy (non-hydrogen) atoms. The third-order valence-corrected chi connectivity index (χ3v) is 5.68. The van der Waals surface area contributed by atoms with Gasteiger partial charge in [-0.25, -0.2) is 13.9 Å². The number of halogens is 1. The number of carbonyl (C=O) groups is 2. The second kappa shape index (κ2) is 7.01. The Kier molecular flexibility index (Phi) is 5.01. The molecule has 2 unspecified atom stereocenters. The van der Waals surface area contributed by atoms with Crippen molar-refractivity contribution in [3.63, 3.8) is 0 Å². The van der Waals surface area contributed by atoms with Crippen LogP contribution in [0, 0.1) is 18.2 Å². The van der Waals surface area contributed by atoms with Crippen LogP contribution in [0.15, 0.2) is 30.5 Å². The molecule has 1 saturated carbocycles. The van der Waals surface area contributed by atoms with E-state index in [2.05, 4.69) is 10.4 Å². The molecule has 0 saturated heterocycles. The highest BCUT2D eigenvalue weighted by Gasteiger charge is 2.66. The number of amides is 1. The third kappa shape index (κ3) is 3.07. The van der Waals surface area contributed by atoms with Crippen molar-refractivity contribution in [3.05, 3.63) is 47.5 Å². The molecule has 7 nitrogen and oxygen atoms in total. The molecule has 0 radical (unpaired) electrons. The minimum atomic E-state index is -1.43. The molecule has 1 amide bonds. The number of rotatable bonds is 6. The molecule has 1 aliphatic rings. The number of ether oxygens (including phenoxy) is 1. The van der Waals surface area contributed by atoms with Crippen molar-refractivity contribution in [3.8, 4) is 5.69 Å². The van der Waals surface area contributed by atoms with Gasteiger partial charge >= 0.3 is 5.97 Å². The Morgan fingerprint density at radius 3 is 2.68 bits per heavy atom. The van der Waals surface area contributed by atoms with Gasteiger partial charge in [0.1, 0.15) is 11.4 Å². The van der Waals surface area contributed by atoms with Gasteiger partial charge in [0.25, 0.3) is 5.91 Å². The van der Waals surface area contributed by atoms with Gasteiger partial charge in [0.2, 0.25) is 0 Å². The summed E-state index contributed by atoms with van der Waals surface area (Å²) in [5.41, 5.74) is -0.828. The zero-order chi connectivity index (χ0) is 20.7. The summed E-state index contributed by atoms with van der Waals surface area (Å²) in [7, 11) is 0. The van der Waals surface area contributed by atoms with E-state index in [9.17, 15) is 19.1 Å². The van der Waals surface area contributed by atoms with E-state index in [4.69, 9.17) is 4.74 Å². The minimum absolute atomic E-state index is 0.0833. The summed E-state index contributed by atoms with van der Waals surface area (Å²) in [6.07, 6.45) is 1.51. The Morgan fingerprint density at radius 1 is 1.39 bits per heavy atom. The van der Waals surface area contributed by atoms with Gasteiger partial charge in [-0.15, -0.1) is 0 Å². The van der Waals surface area contributed by atoms with Crippen molar-refractivity contribution in [2.24, 2.45) is 5.41 Å². The first-order valence-corrected chi connectivity index (χ1v) is 9.12. The molecule has 2 N–H and O–H groups in total. The molecule has 0 bridgehead atoms. The first kappa shape index (κ1) is 20.0. The third-order valence-electron chi connectivity index (χ3n) is 5.68. The highest BCUT2D eigenvalue weighted by molar-refractivity contribution is 5.97. The normalized spacial score (nSPS) is 23.1. The van der Waals surface area contributed by atoms with Crippen LogP contribution in [-0.2, 0) is 9.53 Å². The number of hydrogen-bond donors (Lipinski definition) is 2. The van der Waals surface area contributed by atoms with Gasteiger partial charge in [-0.2, -0.15) is 5.10 Å². The van der Waals surface area contributed by atoms with Gasteiger partial charge in [-0.1, -0.05) is 13.8 Å². The molecule has 3 rings (SSSR count). The minimum Gasteiger partial charge on any atom is -0.479 e. The van der Waals surface area contributed by atoms with Crippen LogP contribution in [0.3, 0.4) is 0 Å². The fourth-order valence-electron chi connectivity index (χ4n) is 3.75. The summed E-state index contributed by atoms with van der Waals surface area (Å²) in [5.74, 6) is -2.04. The van der Waals surface area contributed by atoms with Crippen LogP contribution in [0.2, 0.25) is 0 Å². The molecule has 2 atom stereocenters. The van der Waals surface area contributed by atoms with Crippen LogP contribution in [0.1, 0.15) is 43.2 Å². The van der Waals surface area contributed by atoms with Gasteiger partial charge in [-0.3, -0.25) is 4.79 Å². The van der Waals surface area contributed by atoms with Gasteiger partial charge in [-0.05, 0) is 43.7 Å². The van der Waals surface area contributed by atoms with Crippen LogP contribution >= 0.6 is 0 Å². The summed E-state index contributed by atoms with van der Waals surface area (Å²) in [4.78, 5) is 24.8. The van der Waals surface area contributed by atoms with E-state index in [1.165, 1.54) is 22.9 Å². The van der Waals surface area contributed by atoms with E-state index in [1.807, 2.05) is 6.92 Å². The van der Waals surface area contributed by atoms with Gasteiger partial charge in [0.15, 0.2) is 5.69 Å². The summed E-state index contributed by atoms with van der Waals surface area (Å²) in [6, 6.07) is 5.76. The number of carboxylic acids is 1. The number of nitrogens with one attached hydrogen (secondary N) is 1. The van der Waals surface area contributed by atoms with Crippen LogP contribution in [-0.4, -0.2) is 45.0 Å². The van der Waals surface area contributed by atoms with Crippen LogP contribution in [0.25, 0.3) is 5.69 Å². The predicted molar refractivity (Wildman–Crippen MR) is 99.9 cm³/mol. The van der Waals surface area contributed by atoms with Crippen molar-refractivity contribution < 1.29 is 23.8 Å². The van der Waals surface area contributed by atoms with Crippen LogP contribution < -0.4 is 5.32 Å². The van der Waals surface area contributed by atoms with Gasteiger partial charge < -0.3 is 15.2 Å². The maximum absolute atomic E-state index is 13.3. The molecular weight excluding hydrogens is 365 g/mol. The number of benzene rings is 1. The van der Waals surface area contributed by atoms with E-state index in [0.29, 0.717) is 17.9 Å². The average Bonchev–Trinajstić information content (AvgIpc) is 3.10. The van der Waals surface area contributed by atoms with E-state index >= 15 is 0 Å². The Labute approximate surface area is 162 Å². The highest BCUT2D eigenvalue weighted by atomic mass is 19.1. The lowest BCUT2D eigenvalue weighted by molar-refractivity contribution is -0.190. The number of carbonyl (C=O) groups excluding carboxylic acids is 1. The van der Waals surface area contributed by atoms with E-state index in [1.54, 1.807) is 33.0 Å². The maximum Gasteiger partial charge on any atom is 0.330 e. The molecule has 1 aliphatic carbocycles. The Hall–Kier alpha value is -2.74. The molecule has 150 valence electrons. The predicted octanol–water partition coefficient (Wildman–Crippen LogP) is 2.71. The second-order valence-corrected chi connectivity index (χ2v) is 7.61. The zero-order valence-electron chi connectivity index (χ0n) is 16.3. The molecule has 2 aromatic rings. The van der Waals surface area contributed by atoms with Crippen molar-refractivity contribution >= 4 is 11.9 Å². The standard InChI is InChI=1S/C20H24FN3O4/c1-5-28-16-11-20(18(26)27,19(16,3)4)22-17(25)14-8-9-24(23-14)15-7-6-13(21)10-12(15)2/h6-10,16H,5,11H2,1-4H3,(H,22,25)(H,26,27). The van der Waals surface area contributed by atoms with Crippen LogP contribution in [0.4, 0.5) is 4.39 Å². The second-order valence-electron chi connectivity index (χ2n) is 7.61. The zero-order valence-corrected chi connectivity index (χ0v) is 16.3. The first-order valence-electron chi connectivity index (χ1n) is 9.12. The number of carboxylic acid groups (broad SMARTS) is 1. The van der Waals surface area contributed by atoms with Gasteiger partial charge in [0, 0.05) is 24.6 Å². The van der Waals surface area contributed by atoms with Crippen LogP contribution in [0.5, 0.6) is 0 Å². The molecule has 8 heteroatoms. The molecule has 0 spiro atoms. The van der Waals surface area contributed by atoms with Crippen molar-refractivity contribution in [1.82, 2.24) is 15.1 Å². The summed E-state index contributed by atoms with van der Waals surface area (Å²) < 4.78 is 20.4. The lowest BCUT2D eigenvalue weighted by Gasteiger charge is -2.58. The number of aliphatic carboxylic acids is 1. The number of aromatic nitrogens is 2. The number of nitrogens with zero attached hydrogens (tertiary/aromatic N) is 2. The van der Waals surface area contributed by atoms with Crippen molar-refractivity contribution in [1.29, 1.82) is 0 Å². The largest absolute Gasteiger partial charge is 0.479 e. The number of aryl methyl sites for hydroxylation is 1. The Morgan fingerprint density at radius 2 is 2.11 bits per heavy atom. The highest BCUT2D eigenvalue weighted by Crippen LogP contribution is 2.51. The quantitative estimate of drug-likeness (QED) is 0.792. The number of hydrogen-bond acceptors (Lipinski definition) is 4. The summed E-state index contributed by atoms with van der Waals surface area (Å²) >= 11 is 0. The van der Waals surface area contributed by atoms with Crippen molar-refractivity contribution in [2.45, 2.75) is 45.8 Å². The van der Waals surface area contributed by atoms with E-state index in [0.717, 1.165) is 0 Å². The Bertz CT molecular complexity index is 924. The SMILES string of the molecule is CCOC1CC(NC(=O)c2ccn(-c3ccc(F)cc3C)n2)(C(=O)O)C1(C)C. The molecule has 1 fully saturated rings. The lowest BCUT2D eigenvalue weighted by Crippen LogP contribution is -2.76. The topological polar surface area (TPSA) is 93.5 Å². The fourth-order valence-corrected chi connectivity index (χ4v) is 3.75. The smallest absolute Gasteiger partial charge is 0.330 e. The Balaban J connectivity index is 1.83. The summed E-state index contributed by atoms with van der Waals surface area (Å²) in [6.45, 7) is 7.60. The monoisotopic (exact) mass is 389 g/mol. The van der Waals surface area contributed by atoms with E-state index < -0.39 is 22.8 Å². The fraction of sp³-hybridized carbons (Fsp3) is 0.450. The van der Waals surface area contributed by atoms with Gasteiger partial charge in [0.05, 0.1) is 11.8 Å². The van der Waals surface area contributed by atoms with E-state index in [-0.39, 0.29) is 24.0 Å².